The van der Waals surface area contributed by atoms with E-state index in [-0.39, 0.29) is 6.03 Å². The highest BCUT2D eigenvalue weighted by Gasteiger charge is 2.24. The summed E-state index contributed by atoms with van der Waals surface area (Å²) in [5, 5.41) is 8.57. The van der Waals surface area contributed by atoms with E-state index in [0.717, 1.165) is 60.5 Å². The Morgan fingerprint density at radius 2 is 2.00 bits per heavy atom. The molecule has 1 fully saturated rings. The van der Waals surface area contributed by atoms with Gasteiger partial charge in [0.25, 0.3) is 0 Å². The molecule has 0 bridgehead atoms. The van der Waals surface area contributed by atoms with Crippen LogP contribution in [-0.2, 0) is 13.5 Å². The molecule has 152 valence electrons. The molecular weight excluding hydrogens is 364 g/mol. The predicted octanol–water partition coefficient (Wildman–Crippen LogP) is 3.11. The van der Waals surface area contributed by atoms with E-state index in [4.69, 9.17) is 4.98 Å². The number of likely N-dealkylation sites (tertiary alicyclic amines) is 1. The van der Waals surface area contributed by atoms with Crippen LogP contribution in [0.4, 0.5) is 4.79 Å². The lowest BCUT2D eigenvalue weighted by Crippen LogP contribution is -2.44. The molecule has 3 aromatic heterocycles. The topological polar surface area (TPSA) is 75.9 Å². The van der Waals surface area contributed by atoms with E-state index in [9.17, 15) is 4.79 Å². The molecule has 0 aromatic carbocycles. The molecule has 1 aliphatic rings. The molecule has 0 unspecified atom stereocenters. The molecule has 29 heavy (non-hydrogen) atoms. The Bertz CT molecular complexity index is 1020. The minimum absolute atomic E-state index is 0.0239. The number of fused-ring (bicyclic) bond motifs is 1. The van der Waals surface area contributed by atoms with Crippen LogP contribution in [0.25, 0.3) is 11.0 Å². The van der Waals surface area contributed by atoms with Gasteiger partial charge >= 0.3 is 6.03 Å². The summed E-state index contributed by atoms with van der Waals surface area (Å²) in [5.41, 5.74) is 5.31. The summed E-state index contributed by atoms with van der Waals surface area (Å²) in [6.45, 7) is 6.22. The molecular formula is C22H28N6O. The van der Waals surface area contributed by atoms with Crippen molar-refractivity contribution in [1.29, 1.82) is 0 Å². The standard InChI is InChI=1S/C22H28N6O/c1-15-19(16(2)27(3)26-15)8-12-24-22(29)28-13-9-17(10-14-28)20-7-6-18-5-4-11-23-21(18)25-20/h4-7,11,17H,8-10,12-14H2,1-3H3,(H,24,29). The lowest BCUT2D eigenvalue weighted by atomic mass is 9.93. The van der Waals surface area contributed by atoms with Gasteiger partial charge in [0.15, 0.2) is 5.65 Å². The van der Waals surface area contributed by atoms with Crippen molar-refractivity contribution in [2.75, 3.05) is 19.6 Å². The maximum absolute atomic E-state index is 12.5. The first kappa shape index (κ1) is 19.4. The number of piperidine rings is 1. The maximum Gasteiger partial charge on any atom is 0.317 e. The van der Waals surface area contributed by atoms with Crippen LogP contribution in [0.15, 0.2) is 30.5 Å². The summed E-state index contributed by atoms with van der Waals surface area (Å²) in [5.74, 6) is 0.381. The van der Waals surface area contributed by atoms with E-state index < -0.39 is 0 Å². The number of nitrogens with one attached hydrogen (secondary N) is 1. The highest BCUT2D eigenvalue weighted by Crippen LogP contribution is 2.27. The van der Waals surface area contributed by atoms with E-state index >= 15 is 0 Å². The molecule has 2 amide bonds. The van der Waals surface area contributed by atoms with Gasteiger partial charge in [-0.2, -0.15) is 5.10 Å². The van der Waals surface area contributed by atoms with E-state index in [1.165, 1.54) is 5.56 Å². The van der Waals surface area contributed by atoms with Gasteiger partial charge in [-0.25, -0.2) is 14.8 Å². The van der Waals surface area contributed by atoms with Crippen molar-refractivity contribution < 1.29 is 4.79 Å². The predicted molar refractivity (Wildman–Crippen MR) is 113 cm³/mol. The number of hydrogen-bond donors (Lipinski definition) is 1. The largest absolute Gasteiger partial charge is 0.338 e. The van der Waals surface area contributed by atoms with Gasteiger partial charge in [0, 0.05) is 55.6 Å². The van der Waals surface area contributed by atoms with Crippen LogP contribution >= 0.6 is 0 Å². The minimum atomic E-state index is 0.0239. The Kier molecular flexibility index (Phi) is 5.47. The van der Waals surface area contributed by atoms with Crippen LogP contribution < -0.4 is 5.32 Å². The summed E-state index contributed by atoms with van der Waals surface area (Å²) in [6, 6.07) is 8.17. The van der Waals surface area contributed by atoms with Crippen molar-refractivity contribution in [3.8, 4) is 0 Å². The Labute approximate surface area is 171 Å². The average molecular weight is 393 g/mol. The molecule has 0 atom stereocenters. The zero-order valence-corrected chi connectivity index (χ0v) is 17.4. The molecule has 0 aliphatic carbocycles. The molecule has 0 saturated carbocycles. The van der Waals surface area contributed by atoms with Gasteiger partial charge in [-0.3, -0.25) is 4.68 Å². The number of aryl methyl sites for hydroxylation is 2. The van der Waals surface area contributed by atoms with Gasteiger partial charge in [0.05, 0.1) is 5.69 Å². The van der Waals surface area contributed by atoms with Crippen molar-refractivity contribution in [1.82, 2.24) is 30.0 Å². The van der Waals surface area contributed by atoms with Gasteiger partial charge in [0.1, 0.15) is 0 Å². The minimum Gasteiger partial charge on any atom is -0.338 e. The second-order valence-corrected chi connectivity index (χ2v) is 7.80. The van der Waals surface area contributed by atoms with Crippen molar-refractivity contribution >= 4 is 17.1 Å². The maximum atomic E-state index is 12.5. The Morgan fingerprint density at radius 1 is 1.21 bits per heavy atom. The Balaban J connectivity index is 1.29. The summed E-state index contributed by atoms with van der Waals surface area (Å²) in [6.07, 6.45) is 4.45. The number of urea groups is 1. The first-order valence-corrected chi connectivity index (χ1v) is 10.3. The van der Waals surface area contributed by atoms with Crippen LogP contribution in [0, 0.1) is 13.8 Å². The first-order chi connectivity index (χ1) is 14.0. The normalized spacial score (nSPS) is 15.1. The quantitative estimate of drug-likeness (QED) is 0.740. The highest BCUT2D eigenvalue weighted by atomic mass is 16.2. The molecule has 4 heterocycles. The van der Waals surface area contributed by atoms with Crippen molar-refractivity contribution in [2.45, 2.75) is 39.0 Å². The smallest absolute Gasteiger partial charge is 0.317 e. The summed E-state index contributed by atoms with van der Waals surface area (Å²) < 4.78 is 1.90. The van der Waals surface area contributed by atoms with Crippen LogP contribution in [0.3, 0.4) is 0 Å². The molecule has 7 heteroatoms. The molecule has 4 rings (SSSR count). The number of carbonyl (C=O) groups excluding carboxylic acids is 1. The zero-order valence-electron chi connectivity index (χ0n) is 17.4. The molecule has 3 aromatic rings. The van der Waals surface area contributed by atoms with Crippen LogP contribution in [0.2, 0.25) is 0 Å². The number of pyridine rings is 2. The van der Waals surface area contributed by atoms with E-state index in [2.05, 4.69) is 34.5 Å². The lowest BCUT2D eigenvalue weighted by Gasteiger charge is -2.31. The van der Waals surface area contributed by atoms with Crippen molar-refractivity contribution in [3.63, 3.8) is 0 Å². The van der Waals surface area contributed by atoms with Crippen LogP contribution in [0.1, 0.15) is 41.4 Å². The van der Waals surface area contributed by atoms with Crippen molar-refractivity contribution in [3.05, 3.63) is 53.1 Å². The summed E-state index contributed by atoms with van der Waals surface area (Å²) in [7, 11) is 1.95. The van der Waals surface area contributed by atoms with Gasteiger partial charge in [-0.15, -0.1) is 0 Å². The fraction of sp³-hybridized carbons (Fsp3) is 0.455. The lowest BCUT2D eigenvalue weighted by molar-refractivity contribution is 0.181. The number of hydrogen-bond acceptors (Lipinski definition) is 4. The number of nitrogens with zero attached hydrogens (tertiary/aromatic N) is 5. The van der Waals surface area contributed by atoms with Crippen LogP contribution in [0.5, 0.6) is 0 Å². The fourth-order valence-electron chi connectivity index (χ4n) is 4.16. The van der Waals surface area contributed by atoms with E-state index in [0.29, 0.717) is 12.5 Å². The van der Waals surface area contributed by atoms with Gasteiger partial charge in [-0.1, -0.05) is 0 Å². The number of rotatable bonds is 4. The SMILES string of the molecule is Cc1nn(C)c(C)c1CCNC(=O)N1CCC(c2ccc3cccnc3n2)CC1. The molecule has 1 saturated heterocycles. The third-order valence-corrected chi connectivity index (χ3v) is 6.00. The highest BCUT2D eigenvalue weighted by molar-refractivity contribution is 5.75. The second kappa shape index (κ2) is 8.19. The van der Waals surface area contributed by atoms with Gasteiger partial charge in [-0.05, 0) is 62.9 Å². The molecule has 7 nitrogen and oxygen atoms in total. The van der Waals surface area contributed by atoms with E-state index in [1.807, 2.05) is 35.7 Å². The molecule has 0 spiro atoms. The third-order valence-electron chi connectivity index (χ3n) is 6.00. The number of carbonyl (C=O) groups is 1. The zero-order chi connectivity index (χ0) is 20.4. The average Bonchev–Trinajstić information content (AvgIpc) is 2.99. The third kappa shape index (κ3) is 4.09. The first-order valence-electron chi connectivity index (χ1n) is 10.3. The van der Waals surface area contributed by atoms with E-state index in [1.54, 1.807) is 6.20 Å². The monoisotopic (exact) mass is 392 g/mol. The van der Waals surface area contributed by atoms with Crippen LogP contribution in [-0.4, -0.2) is 50.3 Å². The van der Waals surface area contributed by atoms with Crippen molar-refractivity contribution in [2.24, 2.45) is 7.05 Å². The summed E-state index contributed by atoms with van der Waals surface area (Å²) in [4.78, 5) is 23.6. The summed E-state index contributed by atoms with van der Waals surface area (Å²) >= 11 is 0. The fourth-order valence-corrected chi connectivity index (χ4v) is 4.16. The Hall–Kier alpha value is -2.96. The van der Waals surface area contributed by atoms with Gasteiger partial charge in [0.2, 0.25) is 0 Å². The Morgan fingerprint density at radius 3 is 2.72 bits per heavy atom. The van der Waals surface area contributed by atoms with Gasteiger partial charge < -0.3 is 10.2 Å². The molecule has 0 radical (unpaired) electrons. The number of aromatic nitrogens is 4. The second-order valence-electron chi connectivity index (χ2n) is 7.80. The molecule has 1 N–H and O–H groups in total. The molecule has 1 aliphatic heterocycles. The number of amides is 2.